The van der Waals surface area contributed by atoms with Crippen molar-refractivity contribution >= 4 is 33.7 Å². The number of H-pyrrole nitrogens is 1. The molecule has 2 aromatic heterocycles. The third-order valence-electron chi connectivity index (χ3n) is 4.81. The van der Waals surface area contributed by atoms with E-state index in [0.29, 0.717) is 17.4 Å². The molecule has 7 nitrogen and oxygen atoms in total. The number of benzene rings is 2. The molecule has 0 fully saturated rings. The van der Waals surface area contributed by atoms with Crippen LogP contribution in [0.3, 0.4) is 0 Å². The lowest BCUT2D eigenvalue weighted by Gasteiger charge is -2.20. The molecule has 0 saturated carbocycles. The molecular formula is C22H18N2O5. The van der Waals surface area contributed by atoms with E-state index >= 15 is 0 Å². The summed E-state index contributed by atoms with van der Waals surface area (Å²) in [5, 5.41) is 10.9. The van der Waals surface area contributed by atoms with E-state index in [1.165, 1.54) is 6.07 Å². The third-order valence-corrected chi connectivity index (χ3v) is 4.81. The molecule has 4 rings (SSSR count). The first kappa shape index (κ1) is 18.5. The summed E-state index contributed by atoms with van der Waals surface area (Å²) >= 11 is 0. The fourth-order valence-corrected chi connectivity index (χ4v) is 3.39. The molecule has 0 unspecified atom stereocenters. The van der Waals surface area contributed by atoms with Gasteiger partial charge in [0.15, 0.2) is 0 Å². The Kier molecular flexibility index (Phi) is 4.87. The zero-order valence-electron chi connectivity index (χ0n) is 15.4. The van der Waals surface area contributed by atoms with Crippen LogP contribution in [-0.4, -0.2) is 40.0 Å². The summed E-state index contributed by atoms with van der Waals surface area (Å²) in [5.74, 6) is -1.81. The van der Waals surface area contributed by atoms with Gasteiger partial charge in [-0.25, -0.2) is 4.79 Å². The minimum atomic E-state index is -1.15. The van der Waals surface area contributed by atoms with Crippen LogP contribution in [0.2, 0.25) is 0 Å². The lowest BCUT2D eigenvalue weighted by Crippen LogP contribution is -2.39. The molecule has 4 aromatic rings. The van der Waals surface area contributed by atoms with E-state index in [1.807, 2.05) is 30.5 Å². The van der Waals surface area contributed by atoms with Gasteiger partial charge in [0.1, 0.15) is 17.7 Å². The van der Waals surface area contributed by atoms with Crippen molar-refractivity contribution in [2.24, 2.45) is 0 Å². The van der Waals surface area contributed by atoms with Gasteiger partial charge in [0.25, 0.3) is 5.91 Å². The van der Waals surface area contributed by atoms with E-state index in [-0.39, 0.29) is 12.1 Å². The number of carboxylic acids is 1. The van der Waals surface area contributed by atoms with Crippen LogP contribution in [0.4, 0.5) is 0 Å². The molecule has 0 aliphatic heterocycles. The van der Waals surface area contributed by atoms with Crippen LogP contribution in [-0.2, 0) is 11.2 Å². The van der Waals surface area contributed by atoms with E-state index in [9.17, 15) is 19.5 Å². The maximum Gasteiger partial charge on any atom is 0.349 e. The average molecular weight is 390 g/mol. The minimum Gasteiger partial charge on any atom is -0.480 e. The monoisotopic (exact) mass is 390 g/mol. The number of aromatic amines is 1. The fraction of sp³-hybridized carbons (Fsp3) is 0.136. The lowest BCUT2D eigenvalue weighted by atomic mass is 10.1. The third kappa shape index (κ3) is 3.75. The predicted molar refractivity (Wildman–Crippen MR) is 108 cm³/mol. The molecule has 0 atom stereocenters. The topological polar surface area (TPSA) is 104 Å². The molecule has 0 saturated heterocycles. The Balaban J connectivity index is 1.62. The Morgan fingerprint density at radius 2 is 1.83 bits per heavy atom. The molecule has 2 heterocycles. The fourth-order valence-electron chi connectivity index (χ4n) is 3.39. The predicted octanol–water partition coefficient (Wildman–Crippen LogP) is 3.04. The zero-order chi connectivity index (χ0) is 20.4. The highest BCUT2D eigenvalue weighted by Crippen LogP contribution is 2.19. The average Bonchev–Trinajstić information content (AvgIpc) is 3.13. The normalized spacial score (nSPS) is 11.0. The van der Waals surface area contributed by atoms with Gasteiger partial charge in [-0.3, -0.25) is 9.59 Å². The number of nitrogens with one attached hydrogen (secondary N) is 1. The summed E-state index contributed by atoms with van der Waals surface area (Å²) in [6.45, 7) is -0.354. The van der Waals surface area contributed by atoms with Crippen molar-refractivity contribution in [3.63, 3.8) is 0 Å². The Hall–Kier alpha value is -3.87. The van der Waals surface area contributed by atoms with Gasteiger partial charge in [-0.2, -0.15) is 0 Å². The number of fused-ring (bicyclic) bond motifs is 2. The number of carbonyl (C=O) groups is 2. The molecule has 0 spiro atoms. The summed E-state index contributed by atoms with van der Waals surface area (Å²) in [6.07, 6.45) is 2.29. The van der Waals surface area contributed by atoms with Gasteiger partial charge in [-0.05, 0) is 30.2 Å². The number of para-hydroxylation sites is 2. The number of aromatic nitrogens is 1. The van der Waals surface area contributed by atoms with Gasteiger partial charge in [-0.15, -0.1) is 0 Å². The van der Waals surface area contributed by atoms with Crippen LogP contribution in [0, 0.1) is 0 Å². The van der Waals surface area contributed by atoms with Crippen LogP contribution in [0.25, 0.3) is 21.9 Å². The molecule has 29 heavy (non-hydrogen) atoms. The van der Waals surface area contributed by atoms with Crippen LogP contribution >= 0.6 is 0 Å². The molecule has 7 heteroatoms. The zero-order valence-corrected chi connectivity index (χ0v) is 15.4. The van der Waals surface area contributed by atoms with Crippen LogP contribution in [0.1, 0.15) is 15.9 Å². The maximum atomic E-state index is 13.0. The SMILES string of the molecule is O=C(O)CN(CCc1c[nH]c2ccccc12)C(=O)c1cc2ccccc2oc1=O. The van der Waals surface area contributed by atoms with Gasteiger partial charge in [0.2, 0.25) is 0 Å². The number of aliphatic carboxylic acids is 1. The van der Waals surface area contributed by atoms with Gasteiger partial charge in [0, 0.05) is 29.0 Å². The Morgan fingerprint density at radius 1 is 1.07 bits per heavy atom. The van der Waals surface area contributed by atoms with Crippen LogP contribution in [0.5, 0.6) is 0 Å². The molecule has 1 amide bonds. The Labute approximate surface area is 165 Å². The second kappa shape index (κ2) is 7.63. The number of rotatable bonds is 6. The Morgan fingerprint density at radius 3 is 2.66 bits per heavy atom. The highest BCUT2D eigenvalue weighted by molar-refractivity contribution is 5.98. The first-order chi connectivity index (χ1) is 14.0. The standard InChI is InChI=1S/C22H18N2O5/c25-20(26)13-24(10-9-15-12-23-18-7-3-2-6-16(15)18)21(27)17-11-14-5-1-4-8-19(14)29-22(17)28/h1-8,11-12,23H,9-10,13H2,(H,25,26). The minimum absolute atomic E-state index is 0.152. The van der Waals surface area contributed by atoms with Crippen molar-refractivity contribution < 1.29 is 19.1 Å². The summed E-state index contributed by atoms with van der Waals surface area (Å²) in [6, 6.07) is 16.0. The van der Waals surface area contributed by atoms with Gasteiger partial charge in [-0.1, -0.05) is 36.4 Å². The largest absolute Gasteiger partial charge is 0.480 e. The Bertz CT molecular complexity index is 1270. The number of amides is 1. The molecule has 2 aromatic carbocycles. The van der Waals surface area contributed by atoms with Crippen molar-refractivity contribution in [3.8, 4) is 0 Å². The highest BCUT2D eigenvalue weighted by atomic mass is 16.4. The first-order valence-electron chi connectivity index (χ1n) is 9.12. The van der Waals surface area contributed by atoms with E-state index in [2.05, 4.69) is 4.98 Å². The first-order valence-corrected chi connectivity index (χ1v) is 9.12. The van der Waals surface area contributed by atoms with Crippen LogP contribution in [0.15, 0.2) is 70.0 Å². The van der Waals surface area contributed by atoms with E-state index in [0.717, 1.165) is 21.4 Å². The molecule has 2 N–H and O–H groups in total. The molecule has 0 bridgehead atoms. The van der Waals surface area contributed by atoms with Gasteiger partial charge < -0.3 is 19.4 Å². The van der Waals surface area contributed by atoms with Crippen LogP contribution < -0.4 is 5.63 Å². The van der Waals surface area contributed by atoms with Gasteiger partial charge >= 0.3 is 11.6 Å². The van der Waals surface area contributed by atoms with E-state index in [1.54, 1.807) is 24.3 Å². The molecule has 0 radical (unpaired) electrons. The van der Waals surface area contributed by atoms with E-state index < -0.39 is 24.0 Å². The van der Waals surface area contributed by atoms with Gasteiger partial charge in [0.05, 0.1) is 0 Å². The quantitative estimate of drug-likeness (QED) is 0.493. The highest BCUT2D eigenvalue weighted by Gasteiger charge is 2.23. The van der Waals surface area contributed by atoms with Crippen molar-refractivity contribution in [1.29, 1.82) is 0 Å². The summed E-state index contributed by atoms with van der Waals surface area (Å²) in [5.41, 5.74) is 1.35. The number of nitrogens with zero attached hydrogens (tertiary/aromatic N) is 1. The number of carbonyl (C=O) groups excluding carboxylic acids is 1. The second-order valence-corrected chi connectivity index (χ2v) is 6.72. The van der Waals surface area contributed by atoms with E-state index in [4.69, 9.17) is 4.42 Å². The van der Waals surface area contributed by atoms with Crippen molar-refractivity contribution in [1.82, 2.24) is 9.88 Å². The van der Waals surface area contributed by atoms with Crippen molar-refractivity contribution in [2.45, 2.75) is 6.42 Å². The van der Waals surface area contributed by atoms with Crippen molar-refractivity contribution in [3.05, 3.63) is 82.3 Å². The summed E-state index contributed by atoms with van der Waals surface area (Å²) < 4.78 is 5.22. The summed E-state index contributed by atoms with van der Waals surface area (Å²) in [7, 11) is 0. The number of hydrogen-bond acceptors (Lipinski definition) is 4. The molecular weight excluding hydrogens is 372 g/mol. The summed E-state index contributed by atoms with van der Waals surface area (Å²) in [4.78, 5) is 40.9. The second-order valence-electron chi connectivity index (χ2n) is 6.72. The number of hydrogen-bond donors (Lipinski definition) is 2. The molecule has 0 aliphatic rings. The molecule has 0 aliphatic carbocycles. The smallest absolute Gasteiger partial charge is 0.349 e. The maximum absolute atomic E-state index is 13.0. The molecule has 146 valence electrons. The van der Waals surface area contributed by atoms with Crippen molar-refractivity contribution in [2.75, 3.05) is 13.1 Å². The lowest BCUT2D eigenvalue weighted by molar-refractivity contribution is -0.137. The number of carboxylic acid groups (broad SMARTS) is 1.